The van der Waals surface area contributed by atoms with Crippen LogP contribution in [0.5, 0.6) is 0 Å². The third-order valence-corrected chi connectivity index (χ3v) is 3.42. The standard InChI is InChI=1S/C14H14N6O2/c1-9-11(17-13(21)12-15-8-16-18-12)14(22)20(19(9)2)10-6-4-3-5-7-10/h3-8H,1-2H3,(H,17,21)(H,15,16,18). The molecule has 0 saturated heterocycles. The number of carbonyl (C=O) groups is 1. The number of amides is 1. The zero-order chi connectivity index (χ0) is 15.7. The molecule has 3 rings (SSSR count). The number of nitrogens with zero attached hydrogens (tertiary/aromatic N) is 4. The molecule has 8 heteroatoms. The normalized spacial score (nSPS) is 10.6. The van der Waals surface area contributed by atoms with Crippen LogP contribution in [-0.4, -0.2) is 30.5 Å². The van der Waals surface area contributed by atoms with Gasteiger partial charge in [-0.05, 0) is 19.1 Å². The maximum atomic E-state index is 12.6. The molecule has 2 heterocycles. The van der Waals surface area contributed by atoms with Crippen molar-refractivity contribution < 1.29 is 4.79 Å². The van der Waals surface area contributed by atoms with E-state index in [0.717, 1.165) is 5.69 Å². The number of benzene rings is 1. The van der Waals surface area contributed by atoms with Gasteiger partial charge < -0.3 is 5.32 Å². The van der Waals surface area contributed by atoms with Crippen LogP contribution in [0.3, 0.4) is 0 Å². The van der Waals surface area contributed by atoms with Crippen molar-refractivity contribution in [3.63, 3.8) is 0 Å². The minimum absolute atomic E-state index is 0.0499. The first-order chi connectivity index (χ1) is 10.6. The second kappa shape index (κ2) is 5.32. The maximum absolute atomic E-state index is 12.6. The predicted molar refractivity (Wildman–Crippen MR) is 80.1 cm³/mol. The van der Waals surface area contributed by atoms with E-state index in [0.29, 0.717) is 5.69 Å². The van der Waals surface area contributed by atoms with Gasteiger partial charge in [-0.2, -0.15) is 5.10 Å². The molecule has 0 spiro atoms. The number of hydrogen-bond donors (Lipinski definition) is 2. The quantitative estimate of drug-likeness (QED) is 0.749. The average molecular weight is 298 g/mol. The van der Waals surface area contributed by atoms with Gasteiger partial charge in [0, 0.05) is 7.05 Å². The van der Waals surface area contributed by atoms with E-state index in [2.05, 4.69) is 20.5 Å². The molecule has 2 N–H and O–H groups in total. The summed E-state index contributed by atoms with van der Waals surface area (Å²) < 4.78 is 3.18. The topological polar surface area (TPSA) is 97.6 Å². The molecule has 0 atom stereocenters. The number of nitrogens with one attached hydrogen (secondary N) is 2. The summed E-state index contributed by atoms with van der Waals surface area (Å²) in [5.74, 6) is -0.461. The van der Waals surface area contributed by atoms with Crippen LogP contribution in [0.2, 0.25) is 0 Å². The van der Waals surface area contributed by atoms with Gasteiger partial charge in [-0.15, -0.1) is 0 Å². The van der Waals surface area contributed by atoms with Crippen molar-refractivity contribution in [1.29, 1.82) is 0 Å². The molecule has 0 unspecified atom stereocenters. The van der Waals surface area contributed by atoms with Gasteiger partial charge in [-0.1, -0.05) is 18.2 Å². The SMILES string of the molecule is Cc1c(NC(=O)c2ncn[nH]2)c(=O)n(-c2ccccc2)n1C. The minimum atomic E-state index is -0.511. The molecule has 0 aliphatic carbocycles. The fourth-order valence-corrected chi connectivity index (χ4v) is 2.20. The molecule has 0 bridgehead atoms. The number of para-hydroxylation sites is 1. The third kappa shape index (κ3) is 2.20. The Hall–Kier alpha value is -3.16. The second-order valence-electron chi connectivity index (χ2n) is 4.72. The first-order valence-electron chi connectivity index (χ1n) is 6.60. The lowest BCUT2D eigenvalue weighted by Crippen LogP contribution is -2.23. The molecule has 3 aromatic rings. The smallest absolute Gasteiger partial charge is 0.295 e. The monoisotopic (exact) mass is 298 g/mol. The number of anilines is 1. The molecule has 8 nitrogen and oxygen atoms in total. The van der Waals surface area contributed by atoms with Crippen LogP contribution >= 0.6 is 0 Å². The highest BCUT2D eigenvalue weighted by molar-refractivity contribution is 6.01. The molecule has 112 valence electrons. The zero-order valence-corrected chi connectivity index (χ0v) is 12.1. The molecule has 0 aliphatic rings. The minimum Gasteiger partial charge on any atom is -0.313 e. The van der Waals surface area contributed by atoms with Gasteiger partial charge in [0.15, 0.2) is 0 Å². The summed E-state index contributed by atoms with van der Waals surface area (Å²) >= 11 is 0. The molecule has 2 aromatic heterocycles. The summed E-state index contributed by atoms with van der Waals surface area (Å²) in [6.07, 6.45) is 1.23. The van der Waals surface area contributed by atoms with E-state index in [4.69, 9.17) is 0 Å². The zero-order valence-electron chi connectivity index (χ0n) is 12.1. The van der Waals surface area contributed by atoms with E-state index >= 15 is 0 Å². The molecule has 0 fully saturated rings. The number of aromatic amines is 1. The lowest BCUT2D eigenvalue weighted by atomic mass is 10.3. The van der Waals surface area contributed by atoms with Crippen LogP contribution in [0.4, 0.5) is 5.69 Å². The van der Waals surface area contributed by atoms with Gasteiger partial charge in [-0.25, -0.2) is 9.67 Å². The second-order valence-corrected chi connectivity index (χ2v) is 4.72. The van der Waals surface area contributed by atoms with E-state index in [1.807, 2.05) is 30.3 Å². The molecular formula is C14H14N6O2. The van der Waals surface area contributed by atoms with Gasteiger partial charge in [0.1, 0.15) is 12.0 Å². The lowest BCUT2D eigenvalue weighted by molar-refractivity contribution is 0.101. The summed E-state index contributed by atoms with van der Waals surface area (Å²) in [4.78, 5) is 28.4. The van der Waals surface area contributed by atoms with Gasteiger partial charge in [0.05, 0.1) is 11.4 Å². The van der Waals surface area contributed by atoms with Crippen molar-refractivity contribution in [1.82, 2.24) is 24.5 Å². The molecular weight excluding hydrogens is 284 g/mol. The summed E-state index contributed by atoms with van der Waals surface area (Å²) in [6, 6.07) is 9.20. The summed E-state index contributed by atoms with van der Waals surface area (Å²) in [5.41, 5.74) is 1.27. The highest BCUT2D eigenvalue weighted by Gasteiger charge is 2.19. The van der Waals surface area contributed by atoms with Gasteiger partial charge >= 0.3 is 0 Å². The van der Waals surface area contributed by atoms with E-state index < -0.39 is 5.91 Å². The molecule has 0 saturated carbocycles. The van der Waals surface area contributed by atoms with Gasteiger partial charge in [-0.3, -0.25) is 19.4 Å². The molecule has 1 amide bonds. The number of aromatic nitrogens is 5. The number of H-pyrrole nitrogens is 1. The Bertz CT molecular complexity index is 861. The average Bonchev–Trinajstić information content (AvgIpc) is 3.13. The fourth-order valence-electron chi connectivity index (χ4n) is 2.20. The Labute approximate surface area is 125 Å². The number of carbonyl (C=O) groups excluding carboxylic acids is 1. The Kier molecular flexibility index (Phi) is 3.34. The van der Waals surface area contributed by atoms with Crippen LogP contribution in [0, 0.1) is 6.92 Å². The highest BCUT2D eigenvalue weighted by Crippen LogP contribution is 2.14. The molecule has 0 radical (unpaired) electrons. The summed E-state index contributed by atoms with van der Waals surface area (Å²) in [7, 11) is 1.76. The summed E-state index contributed by atoms with van der Waals surface area (Å²) in [6.45, 7) is 1.76. The van der Waals surface area contributed by atoms with E-state index in [1.165, 1.54) is 11.0 Å². The molecule has 1 aromatic carbocycles. The van der Waals surface area contributed by atoms with Crippen molar-refractivity contribution >= 4 is 11.6 Å². The van der Waals surface area contributed by atoms with Crippen LogP contribution < -0.4 is 10.9 Å². The molecule has 0 aliphatic heterocycles. The predicted octanol–water partition coefficient (Wildman–Crippen LogP) is 0.855. The molecule has 22 heavy (non-hydrogen) atoms. The highest BCUT2D eigenvalue weighted by atomic mass is 16.2. The van der Waals surface area contributed by atoms with Crippen molar-refractivity contribution in [2.24, 2.45) is 7.05 Å². The Balaban J connectivity index is 2.04. The number of hydrogen-bond acceptors (Lipinski definition) is 4. The fraction of sp³-hybridized carbons (Fsp3) is 0.143. The van der Waals surface area contributed by atoms with Gasteiger partial charge in [0.25, 0.3) is 11.5 Å². The van der Waals surface area contributed by atoms with E-state index in [1.54, 1.807) is 18.7 Å². The van der Waals surface area contributed by atoms with Crippen LogP contribution in [0.25, 0.3) is 5.69 Å². The largest absolute Gasteiger partial charge is 0.313 e. The van der Waals surface area contributed by atoms with Crippen LogP contribution in [-0.2, 0) is 7.05 Å². The van der Waals surface area contributed by atoms with Gasteiger partial charge in [0.2, 0.25) is 5.82 Å². The van der Waals surface area contributed by atoms with Crippen LogP contribution in [0.1, 0.15) is 16.3 Å². The van der Waals surface area contributed by atoms with E-state index in [-0.39, 0.29) is 17.1 Å². The van der Waals surface area contributed by atoms with Crippen molar-refractivity contribution in [2.75, 3.05) is 5.32 Å². The lowest BCUT2D eigenvalue weighted by Gasteiger charge is -2.07. The van der Waals surface area contributed by atoms with E-state index in [9.17, 15) is 9.59 Å². The summed E-state index contributed by atoms with van der Waals surface area (Å²) in [5, 5.41) is 8.66. The van der Waals surface area contributed by atoms with Crippen molar-refractivity contribution in [3.05, 3.63) is 58.5 Å². The Morgan fingerprint density at radius 1 is 1.27 bits per heavy atom. The maximum Gasteiger partial charge on any atom is 0.295 e. The Morgan fingerprint density at radius 2 is 2.00 bits per heavy atom. The Morgan fingerprint density at radius 3 is 2.64 bits per heavy atom. The first kappa shape index (κ1) is 13.8. The first-order valence-corrected chi connectivity index (χ1v) is 6.60. The van der Waals surface area contributed by atoms with Crippen molar-refractivity contribution in [3.8, 4) is 5.69 Å². The van der Waals surface area contributed by atoms with Crippen LogP contribution in [0.15, 0.2) is 41.5 Å². The van der Waals surface area contributed by atoms with Crippen molar-refractivity contribution in [2.45, 2.75) is 6.92 Å². The third-order valence-electron chi connectivity index (χ3n) is 3.42. The number of rotatable bonds is 3.